The number of fused-ring (bicyclic) bond motifs is 1. The molecule has 7 nitrogen and oxygen atoms in total. The van der Waals surface area contributed by atoms with Crippen LogP contribution in [0, 0.1) is 0 Å². The molecule has 1 N–H and O–H groups in total. The van der Waals surface area contributed by atoms with Crippen LogP contribution in [-0.2, 0) is 10.0 Å². The number of benzene rings is 2. The summed E-state index contributed by atoms with van der Waals surface area (Å²) in [4.78, 5) is 27.0. The second kappa shape index (κ2) is 8.47. The highest BCUT2D eigenvalue weighted by molar-refractivity contribution is 7.92. The number of amides is 1. The zero-order valence-corrected chi connectivity index (χ0v) is 19.1. The molecule has 1 aliphatic rings. The van der Waals surface area contributed by atoms with Gasteiger partial charge in [0, 0.05) is 19.1 Å². The molecule has 2 heterocycles. The van der Waals surface area contributed by atoms with Crippen LogP contribution in [0.25, 0.3) is 10.2 Å². The second-order valence-electron chi connectivity index (χ2n) is 7.97. The number of carbonyl (C=O) groups is 1. The van der Waals surface area contributed by atoms with Crippen LogP contribution in [0.5, 0.6) is 0 Å². The minimum absolute atomic E-state index is 0.0190. The number of nitrogens with one attached hydrogen (secondary N) is 1. The van der Waals surface area contributed by atoms with Crippen LogP contribution in [-0.4, -0.2) is 36.9 Å². The molecule has 9 heteroatoms. The zero-order chi connectivity index (χ0) is 22.2. The maximum absolute atomic E-state index is 13.1. The summed E-state index contributed by atoms with van der Waals surface area (Å²) in [5, 5.41) is 0. The average Bonchev–Trinajstić information content (AvgIpc) is 3.09. The number of para-hydroxylation sites is 1. The molecule has 3 aromatic rings. The maximum atomic E-state index is 13.1. The Hall–Kier alpha value is -2.65. The fourth-order valence-corrected chi connectivity index (χ4v) is 6.14. The van der Waals surface area contributed by atoms with Gasteiger partial charge < -0.3 is 4.90 Å². The van der Waals surface area contributed by atoms with Gasteiger partial charge in [-0.15, -0.1) is 0 Å². The van der Waals surface area contributed by atoms with Crippen molar-refractivity contribution in [2.75, 3.05) is 17.8 Å². The van der Waals surface area contributed by atoms with Gasteiger partial charge in [-0.25, -0.2) is 8.42 Å². The van der Waals surface area contributed by atoms with Gasteiger partial charge in [0.2, 0.25) is 0 Å². The topological polar surface area (TPSA) is 88.5 Å². The number of hydrogen-bond donors (Lipinski definition) is 1. The van der Waals surface area contributed by atoms with Gasteiger partial charge in [0.25, 0.3) is 15.9 Å². The Morgan fingerprint density at radius 1 is 1.06 bits per heavy atom. The third-order valence-electron chi connectivity index (χ3n) is 5.46. The number of carbonyl (C=O) groups excluding carboxylic acids is 1. The predicted molar refractivity (Wildman–Crippen MR) is 123 cm³/mol. The Kier molecular flexibility index (Phi) is 5.90. The van der Waals surface area contributed by atoms with Crippen LogP contribution in [0.3, 0.4) is 0 Å². The Bertz CT molecular complexity index is 1290. The lowest BCUT2D eigenvalue weighted by molar-refractivity contribution is 0.0725. The van der Waals surface area contributed by atoms with E-state index in [0.29, 0.717) is 28.9 Å². The summed E-state index contributed by atoms with van der Waals surface area (Å²) in [6, 6.07) is 11.3. The molecule has 1 saturated heterocycles. The molecule has 0 saturated carbocycles. The van der Waals surface area contributed by atoms with Gasteiger partial charge in [-0.05, 0) is 63.4 Å². The molecule has 0 aliphatic carbocycles. The zero-order valence-electron chi connectivity index (χ0n) is 17.5. The van der Waals surface area contributed by atoms with E-state index in [0.717, 1.165) is 30.6 Å². The van der Waals surface area contributed by atoms with E-state index < -0.39 is 10.0 Å². The number of nitrogens with zero attached hydrogens (tertiary/aromatic N) is 2. The molecule has 1 fully saturated rings. The van der Waals surface area contributed by atoms with E-state index in [1.807, 2.05) is 13.8 Å². The third-order valence-corrected chi connectivity index (χ3v) is 7.74. The van der Waals surface area contributed by atoms with E-state index >= 15 is 0 Å². The van der Waals surface area contributed by atoms with E-state index in [-0.39, 0.29) is 27.4 Å². The highest BCUT2D eigenvalue weighted by Crippen LogP contribution is 2.27. The lowest BCUT2D eigenvalue weighted by atomic mass is 10.1. The summed E-state index contributed by atoms with van der Waals surface area (Å²) in [6.07, 6.45) is 3.02. The second-order valence-corrected chi connectivity index (χ2v) is 10.6. The van der Waals surface area contributed by atoms with Crippen molar-refractivity contribution in [3.63, 3.8) is 0 Å². The van der Waals surface area contributed by atoms with Crippen LogP contribution in [0.1, 0.15) is 49.5 Å². The van der Waals surface area contributed by atoms with Crippen molar-refractivity contribution in [3.05, 3.63) is 57.7 Å². The van der Waals surface area contributed by atoms with Crippen molar-refractivity contribution in [2.24, 2.45) is 0 Å². The maximum Gasteiger partial charge on any atom is 0.308 e. The molecule has 0 atom stereocenters. The van der Waals surface area contributed by atoms with Gasteiger partial charge in [-0.1, -0.05) is 23.5 Å². The van der Waals surface area contributed by atoms with Gasteiger partial charge >= 0.3 is 4.87 Å². The summed E-state index contributed by atoms with van der Waals surface area (Å²) >= 11 is 1.02. The molecule has 0 radical (unpaired) electrons. The van der Waals surface area contributed by atoms with Crippen molar-refractivity contribution in [1.82, 2.24) is 9.47 Å². The molecule has 1 amide bonds. The molecular weight excluding hydrogens is 434 g/mol. The van der Waals surface area contributed by atoms with Crippen molar-refractivity contribution < 1.29 is 13.2 Å². The monoisotopic (exact) mass is 459 g/mol. The normalized spacial score (nSPS) is 14.9. The van der Waals surface area contributed by atoms with E-state index in [1.165, 1.54) is 12.1 Å². The number of anilines is 1. The number of likely N-dealkylation sites (tertiary alicyclic amines) is 1. The molecule has 31 heavy (non-hydrogen) atoms. The molecule has 0 unspecified atom stereocenters. The number of rotatable bonds is 5. The SMILES string of the molecule is CC(C)n1c(=O)sc2cc(S(=O)(=O)Nc3ccccc3C(=O)N3CCCCC3)ccc21. The van der Waals surface area contributed by atoms with E-state index in [4.69, 9.17) is 0 Å². The predicted octanol–water partition coefficient (Wildman–Crippen LogP) is 4.07. The summed E-state index contributed by atoms with van der Waals surface area (Å²) in [7, 11) is -3.94. The van der Waals surface area contributed by atoms with Gasteiger partial charge in [0.15, 0.2) is 0 Å². The first-order valence-corrected chi connectivity index (χ1v) is 12.6. The summed E-state index contributed by atoms with van der Waals surface area (Å²) in [5.41, 5.74) is 1.31. The fraction of sp³-hybridized carbons (Fsp3) is 0.364. The minimum atomic E-state index is -3.94. The minimum Gasteiger partial charge on any atom is -0.339 e. The van der Waals surface area contributed by atoms with Gasteiger partial charge in [-0.3, -0.25) is 18.9 Å². The summed E-state index contributed by atoms with van der Waals surface area (Å²) in [5.74, 6) is -0.166. The van der Waals surface area contributed by atoms with Crippen molar-refractivity contribution in [2.45, 2.75) is 44.0 Å². The average molecular weight is 460 g/mol. The highest BCUT2D eigenvalue weighted by atomic mass is 32.2. The number of thiazole rings is 1. The molecule has 1 aromatic heterocycles. The number of sulfonamides is 1. The van der Waals surface area contributed by atoms with E-state index in [9.17, 15) is 18.0 Å². The quantitative estimate of drug-likeness (QED) is 0.623. The lowest BCUT2D eigenvalue weighted by Gasteiger charge is -2.27. The summed E-state index contributed by atoms with van der Waals surface area (Å²) in [6.45, 7) is 5.19. The van der Waals surface area contributed by atoms with E-state index in [2.05, 4.69) is 4.72 Å². The van der Waals surface area contributed by atoms with Crippen LogP contribution in [0.15, 0.2) is 52.2 Å². The Morgan fingerprint density at radius 2 is 1.77 bits per heavy atom. The smallest absolute Gasteiger partial charge is 0.308 e. The number of piperidine rings is 1. The standard InChI is InChI=1S/C22H25N3O4S2/c1-15(2)25-19-11-10-16(14-20(19)30-22(25)27)31(28,29)23-18-9-5-4-8-17(18)21(26)24-12-6-3-7-13-24/h4-5,8-11,14-15,23H,3,6-7,12-13H2,1-2H3. The van der Waals surface area contributed by atoms with Crippen LogP contribution in [0.4, 0.5) is 5.69 Å². The molecule has 164 valence electrons. The first-order chi connectivity index (χ1) is 14.8. The van der Waals surface area contributed by atoms with Crippen LogP contribution < -0.4 is 9.60 Å². The van der Waals surface area contributed by atoms with E-state index in [1.54, 1.807) is 39.8 Å². The van der Waals surface area contributed by atoms with Crippen LogP contribution >= 0.6 is 11.3 Å². The highest BCUT2D eigenvalue weighted by Gasteiger charge is 2.24. The van der Waals surface area contributed by atoms with Crippen molar-refractivity contribution >= 4 is 43.2 Å². The molecule has 0 spiro atoms. The molecule has 2 aromatic carbocycles. The first-order valence-electron chi connectivity index (χ1n) is 10.3. The summed E-state index contributed by atoms with van der Waals surface area (Å²) < 4.78 is 31.0. The number of hydrogen-bond acceptors (Lipinski definition) is 5. The van der Waals surface area contributed by atoms with Gasteiger partial charge in [0.1, 0.15) is 0 Å². The lowest BCUT2D eigenvalue weighted by Crippen LogP contribution is -2.36. The molecular formula is C22H25N3O4S2. The van der Waals surface area contributed by atoms with Gasteiger partial charge in [-0.2, -0.15) is 0 Å². The van der Waals surface area contributed by atoms with Crippen molar-refractivity contribution in [1.29, 1.82) is 0 Å². The Morgan fingerprint density at radius 3 is 2.48 bits per heavy atom. The fourth-order valence-electron chi connectivity index (χ4n) is 3.90. The molecule has 1 aliphatic heterocycles. The van der Waals surface area contributed by atoms with Crippen LogP contribution in [0.2, 0.25) is 0 Å². The van der Waals surface area contributed by atoms with Gasteiger partial charge in [0.05, 0.1) is 26.4 Å². The Balaban J connectivity index is 1.67. The third kappa shape index (κ3) is 4.24. The number of aromatic nitrogens is 1. The van der Waals surface area contributed by atoms with Crippen molar-refractivity contribution in [3.8, 4) is 0 Å². The molecule has 0 bridgehead atoms. The molecule has 4 rings (SSSR count). The Labute approximate surface area is 185 Å². The first kappa shape index (κ1) is 21.6. The largest absolute Gasteiger partial charge is 0.339 e.